The summed E-state index contributed by atoms with van der Waals surface area (Å²) < 4.78 is 15.5. The van der Waals surface area contributed by atoms with E-state index in [1.54, 1.807) is 20.8 Å². The second-order valence-electron chi connectivity index (χ2n) is 5.33. The number of nitro groups is 3. The van der Waals surface area contributed by atoms with Gasteiger partial charge in [-0.25, -0.2) is 0 Å². The van der Waals surface area contributed by atoms with Gasteiger partial charge in [0.25, 0.3) is 0 Å². The zero-order valence-electron chi connectivity index (χ0n) is 14.6. The lowest BCUT2D eigenvalue weighted by molar-refractivity contribution is -0.528. The highest BCUT2D eigenvalue weighted by molar-refractivity contribution is 6.36. The molecule has 0 radical (unpaired) electrons. The Morgan fingerprint density at radius 2 is 0.920 bits per heavy atom. The fraction of sp³-hybridized carbons (Fsp3) is 1.00. The van der Waals surface area contributed by atoms with Crippen molar-refractivity contribution in [1.82, 2.24) is 0 Å². The number of rotatable bonds is 15. The van der Waals surface area contributed by atoms with Gasteiger partial charge in [-0.3, -0.25) is 30.3 Å². The molecule has 3 unspecified atom stereocenters. The van der Waals surface area contributed by atoms with Crippen LogP contribution in [0.5, 0.6) is 0 Å². The molecule has 0 spiro atoms. The van der Waals surface area contributed by atoms with E-state index in [0.717, 1.165) is 0 Å². The van der Waals surface area contributed by atoms with E-state index >= 15 is 0 Å². The van der Waals surface area contributed by atoms with E-state index in [2.05, 4.69) is 0 Å². The van der Waals surface area contributed by atoms with Crippen molar-refractivity contribution in [2.45, 2.75) is 58.2 Å². The quantitative estimate of drug-likeness (QED) is 0.236. The van der Waals surface area contributed by atoms with Gasteiger partial charge >= 0.3 is 7.32 Å². The fourth-order valence-electron chi connectivity index (χ4n) is 1.70. The van der Waals surface area contributed by atoms with Gasteiger partial charge in [-0.05, 0) is 0 Å². The van der Waals surface area contributed by atoms with Gasteiger partial charge in [0.05, 0.1) is 0 Å². The largest absolute Gasteiger partial charge is 0.640 e. The Labute approximate surface area is 145 Å². The molecule has 144 valence electrons. The van der Waals surface area contributed by atoms with Gasteiger partial charge in [0, 0.05) is 34.0 Å². The molecule has 3 atom stereocenters. The third-order valence-electron chi connectivity index (χ3n) is 3.58. The molecule has 12 nitrogen and oxygen atoms in total. The van der Waals surface area contributed by atoms with Crippen LogP contribution in [0, 0.1) is 30.3 Å². The summed E-state index contributed by atoms with van der Waals surface area (Å²) in [5.41, 5.74) is 0. The fourth-order valence-corrected chi connectivity index (χ4v) is 1.70. The van der Waals surface area contributed by atoms with Gasteiger partial charge in [-0.1, -0.05) is 20.8 Å². The molecule has 0 saturated heterocycles. The van der Waals surface area contributed by atoms with Gasteiger partial charge in [-0.2, -0.15) is 0 Å². The Bertz CT molecular complexity index is 378. The molecular formula is C12H24BN3O9. The lowest BCUT2D eigenvalue weighted by Gasteiger charge is -2.17. The Balaban J connectivity index is 4.76. The molecule has 0 heterocycles. The van der Waals surface area contributed by atoms with Crippen LogP contribution in [0.3, 0.4) is 0 Å². The highest BCUT2D eigenvalue weighted by atomic mass is 16.7. The number of hydrogen-bond donors (Lipinski definition) is 0. The van der Waals surface area contributed by atoms with E-state index < -0.39 is 40.2 Å². The van der Waals surface area contributed by atoms with Crippen LogP contribution in [-0.4, -0.2) is 60.0 Å². The maximum Gasteiger partial charge on any atom is 0.640 e. The third kappa shape index (κ3) is 9.26. The average Bonchev–Trinajstić information content (AvgIpc) is 2.54. The van der Waals surface area contributed by atoms with Crippen LogP contribution in [-0.2, 0) is 14.0 Å². The Kier molecular flexibility index (Phi) is 11.6. The first-order valence-corrected chi connectivity index (χ1v) is 8.01. The lowest BCUT2D eigenvalue weighted by Crippen LogP contribution is -2.39. The summed E-state index contributed by atoms with van der Waals surface area (Å²) in [5.74, 6) is 0. The lowest BCUT2D eigenvalue weighted by atomic mass is 10.1. The van der Waals surface area contributed by atoms with Crippen LogP contribution in [0.25, 0.3) is 0 Å². The van der Waals surface area contributed by atoms with Crippen molar-refractivity contribution < 1.29 is 28.7 Å². The zero-order chi connectivity index (χ0) is 19.4. The first-order valence-electron chi connectivity index (χ1n) is 8.01. The van der Waals surface area contributed by atoms with Crippen LogP contribution in [0.15, 0.2) is 0 Å². The van der Waals surface area contributed by atoms with Gasteiger partial charge < -0.3 is 14.0 Å². The van der Waals surface area contributed by atoms with E-state index in [1.807, 2.05) is 0 Å². The Hall–Kier alpha value is -1.86. The average molecular weight is 365 g/mol. The molecule has 0 rings (SSSR count). The summed E-state index contributed by atoms with van der Waals surface area (Å²) >= 11 is 0. The van der Waals surface area contributed by atoms with Crippen molar-refractivity contribution in [2.75, 3.05) is 19.8 Å². The summed E-state index contributed by atoms with van der Waals surface area (Å²) in [5, 5.41) is 32.4. The minimum atomic E-state index is -1.45. The number of nitrogens with zero attached hydrogens (tertiary/aromatic N) is 3. The Morgan fingerprint density at radius 3 is 1.08 bits per heavy atom. The SMILES string of the molecule is CCC(COB(OCC(CC)[N+](=O)[O-])OCC(CC)[N+](=O)[O-])[N+](=O)[O-]. The van der Waals surface area contributed by atoms with Crippen molar-refractivity contribution in [1.29, 1.82) is 0 Å². The summed E-state index contributed by atoms with van der Waals surface area (Å²) in [6.45, 7) is 3.81. The molecule has 0 aromatic heterocycles. The van der Waals surface area contributed by atoms with Crippen molar-refractivity contribution in [3.8, 4) is 0 Å². The minimum absolute atomic E-state index is 0.207. The van der Waals surface area contributed by atoms with E-state index in [4.69, 9.17) is 14.0 Å². The molecule has 0 aromatic rings. The molecule has 0 saturated carbocycles. The first-order chi connectivity index (χ1) is 11.8. The second-order valence-corrected chi connectivity index (χ2v) is 5.33. The molecule has 0 bridgehead atoms. The summed E-state index contributed by atoms with van der Waals surface area (Å²) in [4.78, 5) is 30.9. The molecule has 25 heavy (non-hydrogen) atoms. The monoisotopic (exact) mass is 365 g/mol. The summed E-state index contributed by atoms with van der Waals surface area (Å²) in [6, 6.07) is -2.99. The highest BCUT2D eigenvalue weighted by Gasteiger charge is 2.32. The van der Waals surface area contributed by atoms with Crippen molar-refractivity contribution in [3.63, 3.8) is 0 Å². The molecule has 13 heteroatoms. The zero-order valence-corrected chi connectivity index (χ0v) is 14.6. The van der Waals surface area contributed by atoms with Gasteiger partial charge in [0.1, 0.15) is 19.8 Å². The topological polar surface area (TPSA) is 157 Å². The highest BCUT2D eigenvalue weighted by Crippen LogP contribution is 2.06. The third-order valence-corrected chi connectivity index (χ3v) is 3.58. The predicted octanol–water partition coefficient (Wildman–Crippen LogP) is 1.19. The van der Waals surface area contributed by atoms with E-state index in [1.165, 1.54) is 0 Å². The van der Waals surface area contributed by atoms with E-state index in [9.17, 15) is 30.3 Å². The molecule has 0 N–H and O–H groups in total. The van der Waals surface area contributed by atoms with E-state index in [-0.39, 0.29) is 39.1 Å². The van der Waals surface area contributed by atoms with Crippen molar-refractivity contribution in [2.24, 2.45) is 0 Å². The summed E-state index contributed by atoms with van der Waals surface area (Å²) in [7, 11) is -1.45. The summed E-state index contributed by atoms with van der Waals surface area (Å²) in [6.07, 6.45) is 0.621. The number of hydrogen-bond acceptors (Lipinski definition) is 9. The Morgan fingerprint density at radius 1 is 0.680 bits per heavy atom. The standard InChI is InChI=1S/C12H24BN3O9/c1-4-10(14(17)18)7-23-13(24-8-11(5-2)15(19)20)25-9-12(6-3)16(21)22/h10-12H,4-9H2,1-3H3. The van der Waals surface area contributed by atoms with Crippen LogP contribution in [0.2, 0.25) is 0 Å². The van der Waals surface area contributed by atoms with Crippen LogP contribution < -0.4 is 0 Å². The molecule has 0 aliphatic heterocycles. The second kappa shape index (κ2) is 12.5. The smallest absolute Gasteiger partial charge is 0.379 e. The minimum Gasteiger partial charge on any atom is -0.379 e. The molecule has 0 aromatic carbocycles. The molecule has 0 amide bonds. The van der Waals surface area contributed by atoms with Crippen LogP contribution >= 0.6 is 0 Å². The van der Waals surface area contributed by atoms with Crippen LogP contribution in [0.1, 0.15) is 40.0 Å². The van der Waals surface area contributed by atoms with Gasteiger partial charge in [-0.15, -0.1) is 0 Å². The van der Waals surface area contributed by atoms with Crippen LogP contribution in [0.4, 0.5) is 0 Å². The normalized spacial score (nSPS) is 14.5. The maximum atomic E-state index is 10.8. The predicted molar refractivity (Wildman–Crippen MR) is 86.8 cm³/mol. The van der Waals surface area contributed by atoms with Gasteiger partial charge in [0.15, 0.2) is 0 Å². The van der Waals surface area contributed by atoms with Gasteiger partial charge in [0.2, 0.25) is 18.1 Å². The molecule has 0 aliphatic rings. The van der Waals surface area contributed by atoms with E-state index in [0.29, 0.717) is 0 Å². The molecule has 0 fully saturated rings. The van der Waals surface area contributed by atoms with Crippen molar-refractivity contribution >= 4 is 7.32 Å². The molecule has 0 aliphatic carbocycles. The first kappa shape index (κ1) is 23.1. The van der Waals surface area contributed by atoms with Crippen molar-refractivity contribution in [3.05, 3.63) is 30.3 Å². The maximum absolute atomic E-state index is 10.8. The molecular weight excluding hydrogens is 341 g/mol.